The Bertz CT molecular complexity index is 308. The molecule has 0 heterocycles. The van der Waals surface area contributed by atoms with Gasteiger partial charge >= 0.3 is 35.5 Å². The van der Waals surface area contributed by atoms with Gasteiger partial charge in [-0.2, -0.15) is 0 Å². The van der Waals surface area contributed by atoms with Crippen LogP contribution in [0.3, 0.4) is 0 Å². The Balaban J connectivity index is 0. The van der Waals surface area contributed by atoms with Gasteiger partial charge in [0, 0.05) is 0 Å². The third-order valence-corrected chi connectivity index (χ3v) is 1.62. The van der Waals surface area contributed by atoms with Crippen LogP contribution < -0.4 is 35.3 Å². The maximum atomic E-state index is 10.4. The van der Waals surface area contributed by atoms with Crippen molar-refractivity contribution < 1.29 is 39.5 Å². The van der Waals surface area contributed by atoms with Gasteiger partial charge in [-0.15, -0.1) is 5.34 Å². The molecule has 7 heteroatoms. The summed E-state index contributed by atoms with van der Waals surface area (Å²) in [4.78, 5) is 18.4. The molecule has 6 nitrogen and oxygen atoms in total. The zero-order valence-electron chi connectivity index (χ0n) is 8.87. The van der Waals surface area contributed by atoms with E-state index in [4.69, 9.17) is 21.0 Å². The van der Waals surface area contributed by atoms with E-state index in [-0.39, 0.29) is 29.6 Å². The van der Waals surface area contributed by atoms with Crippen LogP contribution in [0.15, 0.2) is 35.7 Å². The second kappa shape index (κ2) is 10.6. The summed E-state index contributed by atoms with van der Waals surface area (Å²) in [6.45, 7) is 0. The summed E-state index contributed by atoms with van der Waals surface area (Å²) < 4.78 is 0. The van der Waals surface area contributed by atoms with Crippen molar-refractivity contribution in [1.29, 1.82) is 0 Å². The average molecular weight is 234 g/mol. The second-order valence-corrected chi connectivity index (χ2v) is 2.71. The van der Waals surface area contributed by atoms with Crippen molar-refractivity contribution in [1.82, 2.24) is 0 Å². The van der Waals surface area contributed by atoms with E-state index < -0.39 is 12.0 Å². The number of nitrogens with two attached hydrogens (primary N) is 1. The van der Waals surface area contributed by atoms with E-state index in [9.17, 15) is 4.79 Å². The topological polar surface area (TPSA) is 116 Å². The van der Waals surface area contributed by atoms with Crippen molar-refractivity contribution >= 4 is 5.97 Å². The predicted molar refractivity (Wildman–Crippen MR) is 54.9 cm³/mol. The first-order valence-electron chi connectivity index (χ1n) is 4.09. The number of carbonyl (C=O) groups is 1. The molecule has 1 aromatic carbocycles. The average Bonchev–Trinajstić information content (AvgIpc) is 2.20. The fourth-order valence-corrected chi connectivity index (χ4v) is 0.955. The Morgan fingerprint density at radius 2 is 1.88 bits per heavy atom. The van der Waals surface area contributed by atoms with Crippen LogP contribution in [0.4, 0.5) is 0 Å². The Morgan fingerprint density at radius 3 is 2.25 bits per heavy atom. The number of rotatable bonds is 3. The molecule has 1 rings (SSSR count). The van der Waals surface area contributed by atoms with Crippen LogP contribution in [0.25, 0.3) is 0 Å². The molecule has 0 bridgehead atoms. The van der Waals surface area contributed by atoms with Crippen molar-refractivity contribution in [2.75, 3.05) is 0 Å². The SMILES string of the molecule is NC(Cc1ccccc1)C(=O)O.O=N[O-].[Na+]. The Kier molecular flexibility index (Phi) is 11.5. The fourth-order valence-electron chi connectivity index (χ4n) is 0.955. The van der Waals surface area contributed by atoms with E-state index in [1.165, 1.54) is 0 Å². The third-order valence-electron chi connectivity index (χ3n) is 1.62. The molecular weight excluding hydrogens is 223 g/mol. The first-order valence-corrected chi connectivity index (χ1v) is 4.09. The van der Waals surface area contributed by atoms with Crippen LogP contribution in [0.2, 0.25) is 0 Å². The zero-order chi connectivity index (χ0) is 11.7. The zero-order valence-corrected chi connectivity index (χ0v) is 10.9. The molecule has 0 aliphatic heterocycles. The van der Waals surface area contributed by atoms with Gasteiger partial charge in [0.25, 0.3) is 0 Å². The number of carboxylic acid groups (broad SMARTS) is 1. The number of hydrogen-bond donors (Lipinski definition) is 2. The summed E-state index contributed by atoms with van der Waals surface area (Å²) in [5.74, 6) is -0.959. The molecule has 1 aromatic rings. The van der Waals surface area contributed by atoms with E-state index in [0.717, 1.165) is 10.9 Å². The van der Waals surface area contributed by atoms with Crippen LogP contribution in [-0.2, 0) is 11.2 Å². The van der Waals surface area contributed by atoms with Crippen molar-refractivity contribution in [3.05, 3.63) is 46.0 Å². The van der Waals surface area contributed by atoms with Gasteiger partial charge in [0.2, 0.25) is 0 Å². The monoisotopic (exact) mass is 234 g/mol. The van der Waals surface area contributed by atoms with Gasteiger partial charge in [0.05, 0.1) is 0 Å². The minimum absolute atomic E-state index is 0. The van der Waals surface area contributed by atoms with E-state index in [2.05, 4.69) is 0 Å². The van der Waals surface area contributed by atoms with Crippen LogP contribution in [-0.4, -0.2) is 17.1 Å². The molecule has 1 unspecified atom stereocenters. The molecule has 0 fully saturated rings. The molecule has 0 aliphatic rings. The summed E-state index contributed by atoms with van der Waals surface area (Å²) in [5.41, 5.74) is 6.30. The molecule has 3 N–H and O–H groups in total. The summed E-state index contributed by atoms with van der Waals surface area (Å²) in [7, 11) is 0. The van der Waals surface area contributed by atoms with Gasteiger partial charge in [-0.25, -0.2) is 0 Å². The molecule has 1 atom stereocenters. The van der Waals surface area contributed by atoms with Gasteiger partial charge in [-0.05, 0) is 12.0 Å². The molecule has 0 saturated heterocycles. The Labute approximate surface area is 115 Å². The number of nitrogens with zero attached hydrogens (tertiary/aromatic N) is 1. The quantitative estimate of drug-likeness (QED) is 0.353. The summed E-state index contributed by atoms with van der Waals surface area (Å²) in [6.07, 6.45) is 0.385. The van der Waals surface area contributed by atoms with Gasteiger partial charge in [-0.3, -0.25) is 4.79 Å². The number of benzene rings is 1. The maximum absolute atomic E-state index is 10.4. The van der Waals surface area contributed by atoms with Crippen LogP contribution in [0.1, 0.15) is 5.56 Å². The van der Waals surface area contributed by atoms with Crippen molar-refractivity contribution in [2.24, 2.45) is 11.1 Å². The number of aliphatic carboxylic acids is 1. The molecule has 0 saturated carbocycles. The number of carboxylic acids is 1. The largest absolute Gasteiger partial charge is 1.00 e. The Hall–Kier alpha value is -0.950. The van der Waals surface area contributed by atoms with E-state index >= 15 is 0 Å². The molecule has 0 aliphatic carbocycles. The van der Waals surface area contributed by atoms with Crippen molar-refractivity contribution in [2.45, 2.75) is 12.5 Å². The van der Waals surface area contributed by atoms with Crippen LogP contribution in [0, 0.1) is 10.1 Å². The molecule has 0 radical (unpaired) electrons. The van der Waals surface area contributed by atoms with Crippen LogP contribution in [0.5, 0.6) is 0 Å². The standard InChI is InChI=1S/C9H11NO2.HNO2.Na/c10-8(9(11)12)6-7-4-2-1-3-5-7;2-1-3;/h1-5,8H,6,10H2,(H,11,12);(H,2,3);/q;;+1/p-1. The van der Waals surface area contributed by atoms with Gasteiger partial charge in [0.1, 0.15) is 6.04 Å². The molecule has 0 amide bonds. The summed E-state index contributed by atoms with van der Waals surface area (Å²) in [6, 6.07) is 8.54. The van der Waals surface area contributed by atoms with E-state index in [0.29, 0.717) is 6.42 Å². The van der Waals surface area contributed by atoms with Gasteiger partial charge in [-0.1, -0.05) is 30.3 Å². The fraction of sp³-hybridized carbons (Fsp3) is 0.222. The molecule has 16 heavy (non-hydrogen) atoms. The first-order chi connectivity index (χ1) is 7.11. The van der Waals surface area contributed by atoms with Crippen molar-refractivity contribution in [3.63, 3.8) is 0 Å². The summed E-state index contributed by atoms with van der Waals surface area (Å²) in [5, 5.41) is 17.5. The molecular formula is C9H11N2NaO4. The molecule has 0 aromatic heterocycles. The second-order valence-electron chi connectivity index (χ2n) is 2.71. The summed E-state index contributed by atoms with van der Waals surface area (Å²) >= 11 is 0. The Morgan fingerprint density at radius 1 is 1.44 bits per heavy atom. The maximum Gasteiger partial charge on any atom is 1.00 e. The third kappa shape index (κ3) is 8.37. The van der Waals surface area contributed by atoms with Gasteiger partial charge in [0.15, 0.2) is 0 Å². The minimum atomic E-state index is -0.959. The molecule has 82 valence electrons. The minimum Gasteiger partial charge on any atom is -0.480 e. The molecule has 0 spiro atoms. The van der Waals surface area contributed by atoms with Gasteiger partial charge < -0.3 is 21.0 Å². The predicted octanol–water partition coefficient (Wildman–Crippen LogP) is -2.10. The van der Waals surface area contributed by atoms with Crippen molar-refractivity contribution in [3.8, 4) is 0 Å². The smallest absolute Gasteiger partial charge is 0.480 e. The van der Waals surface area contributed by atoms with Crippen LogP contribution >= 0.6 is 0 Å². The number of hydrogen-bond acceptors (Lipinski definition) is 5. The normalized spacial score (nSPS) is 10.1. The van der Waals surface area contributed by atoms with E-state index in [1.807, 2.05) is 30.3 Å². The first kappa shape index (κ1) is 17.4. The van der Waals surface area contributed by atoms with E-state index in [1.54, 1.807) is 0 Å².